The Morgan fingerprint density at radius 2 is 1.87 bits per heavy atom. The van der Waals surface area contributed by atoms with Crippen LogP contribution in [0.1, 0.15) is 19.8 Å². The van der Waals surface area contributed by atoms with E-state index in [9.17, 15) is 24.6 Å². The molecule has 0 aliphatic rings. The molecule has 7 heteroatoms. The van der Waals surface area contributed by atoms with Gasteiger partial charge in [-0.2, -0.15) is 0 Å². The average molecular weight is 217 g/mol. The van der Waals surface area contributed by atoms with Gasteiger partial charge in [-0.3, -0.25) is 4.79 Å². The van der Waals surface area contributed by atoms with Crippen LogP contribution >= 0.6 is 0 Å². The standard InChI is InChI=1S/C8H14N2O5/c1-4(8(14)15)10-7(13)5(9)2-3-6(11)12/h4-5H,2-3,9H2,1H3,(H,10,13)(H,11,12)(H,14,15)/p-1. The van der Waals surface area contributed by atoms with Gasteiger partial charge in [0.2, 0.25) is 0 Å². The third-order valence-corrected chi connectivity index (χ3v) is 1.78. The van der Waals surface area contributed by atoms with Crippen LogP contribution in [0.5, 0.6) is 0 Å². The fourth-order valence-corrected chi connectivity index (χ4v) is 0.813. The Labute approximate surface area is 86.3 Å². The SMILES string of the molecule is CC(NC(=O)C([NH3+])CCC(=O)[O-])C(=O)[O-]. The lowest BCUT2D eigenvalue weighted by atomic mass is 10.1. The van der Waals surface area contributed by atoms with Gasteiger partial charge >= 0.3 is 0 Å². The molecule has 7 nitrogen and oxygen atoms in total. The topological polar surface area (TPSA) is 137 Å². The van der Waals surface area contributed by atoms with Gasteiger partial charge in [-0.15, -0.1) is 0 Å². The molecule has 1 amide bonds. The molecule has 0 saturated carbocycles. The molecule has 0 rings (SSSR count). The summed E-state index contributed by atoms with van der Waals surface area (Å²) in [6, 6.07) is -1.94. The lowest BCUT2D eigenvalue weighted by Gasteiger charge is -2.16. The van der Waals surface area contributed by atoms with Crippen molar-refractivity contribution in [1.82, 2.24) is 5.32 Å². The van der Waals surface area contributed by atoms with Crippen LogP contribution in [0.4, 0.5) is 0 Å². The highest BCUT2D eigenvalue weighted by Crippen LogP contribution is 1.92. The first-order chi connectivity index (χ1) is 6.84. The van der Waals surface area contributed by atoms with E-state index in [1.54, 1.807) is 0 Å². The van der Waals surface area contributed by atoms with E-state index in [0.29, 0.717) is 0 Å². The van der Waals surface area contributed by atoms with E-state index in [1.807, 2.05) is 0 Å². The van der Waals surface area contributed by atoms with Crippen molar-refractivity contribution in [3.63, 3.8) is 0 Å². The van der Waals surface area contributed by atoms with Gasteiger partial charge in [-0.05, 0) is 13.3 Å². The third kappa shape index (κ3) is 5.63. The molecule has 0 spiro atoms. The normalized spacial score (nSPS) is 14.0. The fourth-order valence-electron chi connectivity index (χ4n) is 0.813. The molecule has 0 aromatic rings. The van der Waals surface area contributed by atoms with Gasteiger partial charge in [0.1, 0.15) is 0 Å². The molecular weight excluding hydrogens is 204 g/mol. The van der Waals surface area contributed by atoms with Crippen LogP contribution in [0.3, 0.4) is 0 Å². The quantitative estimate of drug-likeness (QED) is 0.461. The molecule has 0 heterocycles. The maximum atomic E-state index is 11.2. The van der Waals surface area contributed by atoms with Crippen molar-refractivity contribution >= 4 is 17.8 Å². The number of amides is 1. The summed E-state index contributed by atoms with van der Waals surface area (Å²) in [5, 5.41) is 22.5. The largest absolute Gasteiger partial charge is 0.550 e. The van der Waals surface area contributed by atoms with Crippen molar-refractivity contribution in [1.29, 1.82) is 0 Å². The second kappa shape index (κ2) is 5.97. The van der Waals surface area contributed by atoms with Crippen molar-refractivity contribution in [3.05, 3.63) is 0 Å². The molecule has 0 aliphatic carbocycles. The zero-order valence-corrected chi connectivity index (χ0v) is 8.32. The molecule has 0 aliphatic heterocycles. The number of carbonyl (C=O) groups is 3. The Hall–Kier alpha value is -1.63. The zero-order valence-electron chi connectivity index (χ0n) is 8.32. The van der Waals surface area contributed by atoms with Gasteiger partial charge in [0.25, 0.3) is 5.91 Å². The van der Waals surface area contributed by atoms with Gasteiger partial charge in [-0.1, -0.05) is 0 Å². The smallest absolute Gasteiger partial charge is 0.278 e. The monoisotopic (exact) mass is 217 g/mol. The molecule has 2 unspecified atom stereocenters. The number of nitrogens with one attached hydrogen (secondary N) is 1. The van der Waals surface area contributed by atoms with E-state index in [0.717, 1.165) is 0 Å². The number of rotatable bonds is 6. The molecule has 0 radical (unpaired) electrons. The highest BCUT2D eigenvalue weighted by Gasteiger charge is 2.18. The highest BCUT2D eigenvalue weighted by atomic mass is 16.4. The first kappa shape index (κ1) is 13.4. The maximum absolute atomic E-state index is 11.2. The van der Waals surface area contributed by atoms with Crippen LogP contribution in [-0.4, -0.2) is 29.9 Å². The molecule has 0 saturated heterocycles. The van der Waals surface area contributed by atoms with Gasteiger partial charge in [0, 0.05) is 12.4 Å². The first-order valence-electron chi connectivity index (χ1n) is 4.38. The number of quaternary nitrogens is 1. The minimum atomic E-state index is -1.41. The van der Waals surface area contributed by atoms with Crippen molar-refractivity contribution in [2.24, 2.45) is 0 Å². The summed E-state index contributed by atoms with van der Waals surface area (Å²) in [5.41, 5.74) is 3.41. The zero-order chi connectivity index (χ0) is 12.0. The van der Waals surface area contributed by atoms with E-state index in [4.69, 9.17) is 0 Å². The van der Waals surface area contributed by atoms with Crippen LogP contribution in [0, 0.1) is 0 Å². The second-order valence-corrected chi connectivity index (χ2v) is 3.16. The summed E-state index contributed by atoms with van der Waals surface area (Å²) in [7, 11) is 0. The summed E-state index contributed by atoms with van der Waals surface area (Å²) < 4.78 is 0. The van der Waals surface area contributed by atoms with E-state index in [2.05, 4.69) is 11.1 Å². The Morgan fingerprint density at radius 3 is 2.27 bits per heavy atom. The highest BCUT2D eigenvalue weighted by molar-refractivity contribution is 5.85. The average Bonchev–Trinajstić information content (AvgIpc) is 2.13. The number of hydrogen-bond acceptors (Lipinski definition) is 5. The molecule has 86 valence electrons. The van der Waals surface area contributed by atoms with E-state index < -0.39 is 29.9 Å². The van der Waals surface area contributed by atoms with Crippen LogP contribution < -0.4 is 21.3 Å². The summed E-state index contributed by atoms with van der Waals surface area (Å²) in [4.78, 5) is 31.5. The van der Waals surface area contributed by atoms with Crippen LogP contribution in [-0.2, 0) is 14.4 Å². The summed E-state index contributed by atoms with van der Waals surface area (Å²) in [5.74, 6) is -3.30. The molecule has 2 atom stereocenters. The molecule has 0 fully saturated rings. The van der Waals surface area contributed by atoms with Crippen LogP contribution in [0.25, 0.3) is 0 Å². The molecule has 4 N–H and O–H groups in total. The predicted octanol–water partition coefficient (Wildman–Crippen LogP) is -4.62. The van der Waals surface area contributed by atoms with Crippen LogP contribution in [0.15, 0.2) is 0 Å². The first-order valence-corrected chi connectivity index (χ1v) is 4.38. The third-order valence-electron chi connectivity index (χ3n) is 1.78. The van der Waals surface area contributed by atoms with Gasteiger partial charge in [0.05, 0.1) is 12.0 Å². The van der Waals surface area contributed by atoms with Gasteiger partial charge in [-0.25, -0.2) is 0 Å². The van der Waals surface area contributed by atoms with Crippen LogP contribution in [0.2, 0.25) is 0 Å². The Balaban J connectivity index is 3.99. The number of aliphatic carboxylic acids is 2. The van der Waals surface area contributed by atoms with Crippen molar-refractivity contribution in [2.75, 3.05) is 0 Å². The maximum Gasteiger partial charge on any atom is 0.278 e. The van der Waals surface area contributed by atoms with E-state index in [1.165, 1.54) is 6.92 Å². The van der Waals surface area contributed by atoms with E-state index in [-0.39, 0.29) is 12.8 Å². The van der Waals surface area contributed by atoms with Gasteiger partial charge < -0.3 is 30.9 Å². The van der Waals surface area contributed by atoms with E-state index >= 15 is 0 Å². The van der Waals surface area contributed by atoms with Crippen molar-refractivity contribution in [2.45, 2.75) is 31.8 Å². The number of carboxylic acid groups (broad SMARTS) is 2. The summed E-state index contributed by atoms with van der Waals surface area (Å²) in [6.45, 7) is 1.25. The number of carbonyl (C=O) groups excluding carboxylic acids is 3. The Morgan fingerprint density at radius 1 is 1.33 bits per heavy atom. The minimum Gasteiger partial charge on any atom is -0.550 e. The molecule has 0 aromatic carbocycles. The molecular formula is C8H13N2O5-. The molecule has 0 aromatic heterocycles. The Bertz CT molecular complexity index is 266. The minimum absolute atomic E-state index is 0.00787. The second-order valence-electron chi connectivity index (χ2n) is 3.16. The van der Waals surface area contributed by atoms with Crippen molar-refractivity contribution < 1.29 is 30.3 Å². The Kier molecular flexibility index (Phi) is 5.32. The fraction of sp³-hybridized carbons (Fsp3) is 0.625. The lowest BCUT2D eigenvalue weighted by Crippen LogP contribution is -2.68. The molecule has 0 bridgehead atoms. The van der Waals surface area contributed by atoms with Gasteiger partial charge in [0.15, 0.2) is 6.04 Å². The number of carboxylic acids is 2. The summed E-state index contributed by atoms with van der Waals surface area (Å²) in [6.07, 6.45) is -0.283. The lowest BCUT2D eigenvalue weighted by molar-refractivity contribution is -0.406. The summed E-state index contributed by atoms with van der Waals surface area (Å²) >= 11 is 0. The number of hydrogen-bond donors (Lipinski definition) is 2. The molecule has 15 heavy (non-hydrogen) atoms. The predicted molar refractivity (Wildman–Crippen MR) is 43.5 cm³/mol. The van der Waals surface area contributed by atoms with Crippen molar-refractivity contribution in [3.8, 4) is 0 Å².